The third kappa shape index (κ3) is 17.0. The second-order valence-corrected chi connectivity index (χ2v) is 21.5. The van der Waals surface area contributed by atoms with Crippen LogP contribution in [0.4, 0.5) is 9.59 Å². The van der Waals surface area contributed by atoms with Crippen LogP contribution >= 0.6 is 21.6 Å². The van der Waals surface area contributed by atoms with Crippen molar-refractivity contribution in [2.45, 2.75) is 130 Å². The quantitative estimate of drug-likeness (QED) is 0.0123. The van der Waals surface area contributed by atoms with E-state index in [1.165, 1.54) is 67.7 Å². The third-order valence-electron chi connectivity index (χ3n) is 13.4. The normalized spacial score (nSPS) is 27.9. The van der Waals surface area contributed by atoms with Crippen molar-refractivity contribution < 1.29 is 46.1 Å². The molecule has 0 spiro atoms. The summed E-state index contributed by atoms with van der Waals surface area (Å²) in [7, 11) is -1.58. The Hall–Kier alpha value is -2.45. The molecular formula is C41H74N6O10S3. The number of nitrogens with one attached hydrogen (secondary N) is 2. The fraction of sp³-hybridized carbons (Fsp3) is 0.854. The summed E-state index contributed by atoms with van der Waals surface area (Å²) < 4.78 is 48.0. The Morgan fingerprint density at radius 3 is 2.25 bits per heavy atom. The van der Waals surface area contributed by atoms with Gasteiger partial charge in [0.15, 0.2) is 5.96 Å². The largest absolute Gasteiger partial charge is 0.508 e. The molecule has 9 atom stereocenters. The van der Waals surface area contributed by atoms with E-state index >= 15 is 0 Å². The molecular weight excluding hydrogens is 833 g/mol. The summed E-state index contributed by atoms with van der Waals surface area (Å²) in [5.74, 6) is 5.78. The maximum Gasteiger partial charge on any atom is 0.508 e. The van der Waals surface area contributed by atoms with Crippen molar-refractivity contribution >= 4 is 56.1 Å². The second kappa shape index (κ2) is 25.0. The van der Waals surface area contributed by atoms with Crippen molar-refractivity contribution in [3.05, 3.63) is 11.6 Å². The molecule has 0 radical (unpaired) electrons. The van der Waals surface area contributed by atoms with E-state index in [2.05, 4.69) is 56.3 Å². The molecule has 4 rings (SSSR count). The van der Waals surface area contributed by atoms with Crippen molar-refractivity contribution in [1.82, 2.24) is 10.6 Å². The van der Waals surface area contributed by atoms with Crippen molar-refractivity contribution in [3.63, 3.8) is 0 Å². The first-order valence-corrected chi connectivity index (χ1v) is 25.6. The summed E-state index contributed by atoms with van der Waals surface area (Å²) in [4.78, 5) is 40.4. The van der Waals surface area contributed by atoms with Crippen LogP contribution in [0.5, 0.6) is 0 Å². The number of amides is 2. The predicted octanol–water partition coefficient (Wildman–Crippen LogP) is 6.50. The van der Waals surface area contributed by atoms with Gasteiger partial charge < -0.3 is 42.0 Å². The van der Waals surface area contributed by atoms with Gasteiger partial charge in [-0.05, 0) is 104 Å². The van der Waals surface area contributed by atoms with E-state index in [0.29, 0.717) is 36.3 Å². The number of rotatable bonds is 21. The minimum Gasteiger partial charge on any atom is -0.449 e. The van der Waals surface area contributed by atoms with Crippen LogP contribution in [0.25, 0.3) is 0 Å². The number of ether oxygens (including phenoxy) is 3. The van der Waals surface area contributed by atoms with Gasteiger partial charge in [-0.25, -0.2) is 9.59 Å². The number of nitrogens with two attached hydrogens (primary N) is 3. The Morgan fingerprint density at radius 1 is 0.917 bits per heavy atom. The first-order chi connectivity index (χ1) is 28.2. The maximum absolute atomic E-state index is 12.6. The molecule has 0 aromatic carbocycles. The van der Waals surface area contributed by atoms with Crippen LogP contribution in [0.1, 0.15) is 118 Å². The lowest BCUT2D eigenvalue weighted by Crippen LogP contribution is -2.51. The first kappa shape index (κ1) is 51.9. The molecule has 3 saturated carbocycles. The molecule has 0 saturated heterocycles. The van der Waals surface area contributed by atoms with Crippen molar-refractivity contribution in [2.24, 2.45) is 68.5 Å². The molecule has 0 aromatic rings. The standard InChI is InChI=1S/C41H72N6O6S2.H2O4S/c1-27(2)8-6-9-28(3)32-13-14-33-31-12-11-29-26-30(15-17-40(29,4)34(31)16-18-41(32,33)5)53-39(50)52-23-25-55-54-24-22-51-38(49)47-21-20-45-36(48)35(42)10-7-19-46-37(43)44;1-5(2,3)4/h11,27-28,30-35H,6-10,12-26,42H2,1-5H3,(H,45,48)(H,47,49)(H4,43,44,46);(H2,1,2,3,4). The van der Waals surface area contributed by atoms with Gasteiger partial charge in [0.05, 0.1) is 6.04 Å². The molecule has 9 unspecified atom stereocenters. The number of carbonyl (C=O) groups excluding carboxylic acids is 3. The van der Waals surface area contributed by atoms with Gasteiger partial charge in [0.2, 0.25) is 5.91 Å². The van der Waals surface area contributed by atoms with Gasteiger partial charge in [-0.15, -0.1) is 0 Å². The molecule has 4 aliphatic carbocycles. The van der Waals surface area contributed by atoms with Crippen LogP contribution in [0.3, 0.4) is 0 Å². The molecule has 19 heteroatoms. The van der Waals surface area contributed by atoms with Crippen LogP contribution < -0.4 is 27.8 Å². The van der Waals surface area contributed by atoms with Crippen molar-refractivity contribution in [2.75, 3.05) is 44.4 Å². The number of fused-ring (bicyclic) bond motifs is 5. The van der Waals surface area contributed by atoms with Gasteiger partial charge >= 0.3 is 22.6 Å². The zero-order valence-electron chi connectivity index (χ0n) is 36.4. The van der Waals surface area contributed by atoms with Gasteiger partial charge in [0, 0.05) is 37.6 Å². The van der Waals surface area contributed by atoms with Gasteiger partial charge in [-0.3, -0.25) is 18.9 Å². The molecule has 60 heavy (non-hydrogen) atoms. The number of alkyl carbamates (subject to hydrolysis) is 1. The van der Waals surface area contributed by atoms with Crippen LogP contribution in [0.15, 0.2) is 16.6 Å². The Bertz CT molecular complexity index is 1540. The zero-order chi connectivity index (χ0) is 44.5. The first-order valence-electron chi connectivity index (χ1n) is 21.7. The summed E-state index contributed by atoms with van der Waals surface area (Å²) in [5, 5.41) is 5.27. The average Bonchev–Trinajstić information content (AvgIpc) is 3.52. The van der Waals surface area contributed by atoms with Gasteiger partial charge in [-0.2, -0.15) is 8.42 Å². The van der Waals surface area contributed by atoms with Crippen LogP contribution in [-0.4, -0.2) is 98.1 Å². The van der Waals surface area contributed by atoms with E-state index in [1.54, 1.807) is 10.8 Å². The fourth-order valence-corrected chi connectivity index (χ4v) is 12.2. The highest BCUT2D eigenvalue weighted by Crippen LogP contribution is 2.67. The molecule has 16 nitrogen and oxygen atoms in total. The highest BCUT2D eigenvalue weighted by molar-refractivity contribution is 8.76. The Morgan fingerprint density at radius 2 is 1.58 bits per heavy atom. The van der Waals surface area contributed by atoms with E-state index < -0.39 is 28.7 Å². The monoisotopic (exact) mass is 906 g/mol. The molecule has 4 aliphatic rings. The van der Waals surface area contributed by atoms with E-state index in [4.69, 9.17) is 48.9 Å². The molecule has 0 bridgehead atoms. The maximum atomic E-state index is 12.6. The third-order valence-corrected chi connectivity index (χ3v) is 15.7. The number of carbonyl (C=O) groups is 3. The predicted molar refractivity (Wildman–Crippen MR) is 239 cm³/mol. The Balaban J connectivity index is 0.00000181. The molecule has 0 aromatic heterocycles. The number of aliphatic imine (C=N–C) groups is 1. The molecule has 0 heterocycles. The minimum atomic E-state index is -4.67. The SMILES string of the molecule is CC(C)CCCC(C)C1CCC2C3CC=C4CC(OC(=O)OCCSSCCOC(=O)NCCNC(=O)C(N)CCCN=C(N)N)CCC4(C)C3CCC12C.O=S(=O)(O)O. The molecule has 346 valence electrons. The van der Waals surface area contributed by atoms with Crippen LogP contribution in [0.2, 0.25) is 0 Å². The van der Waals surface area contributed by atoms with Gasteiger partial charge in [-0.1, -0.05) is 87.1 Å². The number of nitrogens with zero attached hydrogens (tertiary/aromatic N) is 1. The average molecular weight is 907 g/mol. The van der Waals surface area contributed by atoms with Gasteiger partial charge in [0.1, 0.15) is 19.3 Å². The van der Waals surface area contributed by atoms with E-state index in [9.17, 15) is 14.4 Å². The van der Waals surface area contributed by atoms with E-state index in [1.807, 2.05) is 0 Å². The van der Waals surface area contributed by atoms with Gasteiger partial charge in [0.25, 0.3) is 0 Å². The molecule has 2 amide bonds. The van der Waals surface area contributed by atoms with Crippen molar-refractivity contribution in [3.8, 4) is 0 Å². The van der Waals surface area contributed by atoms with Crippen LogP contribution in [-0.2, 0) is 29.4 Å². The lowest BCUT2D eigenvalue weighted by Gasteiger charge is -2.58. The Kier molecular flexibility index (Phi) is 21.6. The summed E-state index contributed by atoms with van der Waals surface area (Å²) in [6.45, 7) is 13.8. The number of hydrogen-bond acceptors (Lipinski definition) is 12. The zero-order valence-corrected chi connectivity index (χ0v) is 38.9. The minimum absolute atomic E-state index is 0.00804. The molecule has 3 fully saturated rings. The summed E-state index contributed by atoms with van der Waals surface area (Å²) in [5.41, 5.74) is 18.6. The highest BCUT2D eigenvalue weighted by atomic mass is 33.1. The topological polar surface area (TPSA) is 268 Å². The smallest absolute Gasteiger partial charge is 0.449 e. The second-order valence-electron chi connectivity index (χ2n) is 17.9. The number of hydrogen-bond donors (Lipinski definition) is 7. The highest BCUT2D eigenvalue weighted by Gasteiger charge is 2.59. The van der Waals surface area contributed by atoms with Crippen molar-refractivity contribution in [1.29, 1.82) is 0 Å². The lowest BCUT2D eigenvalue weighted by molar-refractivity contribution is -0.122. The lowest BCUT2D eigenvalue weighted by atomic mass is 9.47. The molecule has 0 aliphatic heterocycles. The summed E-state index contributed by atoms with van der Waals surface area (Å²) >= 11 is 0. The van der Waals surface area contributed by atoms with E-state index in [0.717, 1.165) is 54.8 Å². The summed E-state index contributed by atoms with van der Waals surface area (Å²) in [6.07, 6.45) is 16.0. The number of guanidine groups is 1. The fourth-order valence-electron chi connectivity index (χ4n) is 10.6. The number of allylic oxidation sites excluding steroid dienone is 1. The van der Waals surface area contributed by atoms with Crippen LogP contribution in [0, 0.1) is 46.3 Å². The summed E-state index contributed by atoms with van der Waals surface area (Å²) in [6, 6.07) is -0.671. The Labute approximate surface area is 366 Å². The molecule has 10 N–H and O–H groups in total. The van der Waals surface area contributed by atoms with E-state index in [-0.39, 0.29) is 49.7 Å².